The Morgan fingerprint density at radius 3 is 2.32 bits per heavy atom. The number of nitrogens with zero attached hydrogens (tertiary/aromatic N) is 4. The molecule has 4 rings (SSSR count). The van der Waals surface area contributed by atoms with Crippen molar-refractivity contribution in [1.29, 1.82) is 0 Å². The highest BCUT2D eigenvalue weighted by Crippen LogP contribution is 2.32. The number of methoxy groups -OCH3 is 1. The van der Waals surface area contributed by atoms with Crippen molar-refractivity contribution in [2.45, 2.75) is 13.1 Å². The van der Waals surface area contributed by atoms with Crippen LogP contribution in [-0.2, 0) is 6.18 Å². The average molecular weight is 471 g/mol. The van der Waals surface area contributed by atoms with Gasteiger partial charge in [-0.3, -0.25) is 4.79 Å². The number of ether oxygens (including phenoxy) is 1. The maximum Gasteiger partial charge on any atom is 0.417 e. The van der Waals surface area contributed by atoms with E-state index in [0.29, 0.717) is 24.9 Å². The number of carbonyl (C=O) groups is 1. The van der Waals surface area contributed by atoms with Gasteiger partial charge in [0.15, 0.2) is 0 Å². The summed E-state index contributed by atoms with van der Waals surface area (Å²) in [5, 5.41) is 3.24. The lowest BCUT2D eigenvalue weighted by atomic mass is 10.1. The Labute approximate surface area is 195 Å². The van der Waals surface area contributed by atoms with Gasteiger partial charge in [0.2, 0.25) is 5.95 Å². The van der Waals surface area contributed by atoms with Gasteiger partial charge in [-0.15, -0.1) is 0 Å². The Hall–Kier alpha value is -3.82. The van der Waals surface area contributed by atoms with Gasteiger partial charge in [-0.1, -0.05) is 12.1 Å². The molecule has 1 aliphatic heterocycles. The molecule has 1 aromatic heterocycles. The summed E-state index contributed by atoms with van der Waals surface area (Å²) < 4.78 is 45.1. The Balaban J connectivity index is 1.45. The number of aryl methyl sites for hydroxylation is 1. The summed E-state index contributed by atoms with van der Waals surface area (Å²) in [4.78, 5) is 25.3. The minimum atomic E-state index is -4.59. The first-order valence-electron chi connectivity index (χ1n) is 10.7. The first-order valence-corrected chi connectivity index (χ1v) is 10.7. The smallest absolute Gasteiger partial charge is 0.417 e. The van der Waals surface area contributed by atoms with Crippen LogP contribution in [0.3, 0.4) is 0 Å². The van der Waals surface area contributed by atoms with Crippen LogP contribution in [0.25, 0.3) is 0 Å². The highest BCUT2D eigenvalue weighted by Gasteiger charge is 2.36. The molecule has 3 aromatic rings. The Bertz CT molecular complexity index is 1160. The van der Waals surface area contributed by atoms with Crippen molar-refractivity contribution in [3.8, 4) is 5.75 Å². The van der Waals surface area contributed by atoms with E-state index >= 15 is 0 Å². The van der Waals surface area contributed by atoms with Crippen LogP contribution in [0, 0.1) is 6.92 Å². The molecule has 1 amide bonds. The van der Waals surface area contributed by atoms with Gasteiger partial charge >= 0.3 is 6.18 Å². The number of rotatable bonds is 5. The van der Waals surface area contributed by atoms with Crippen LogP contribution in [-0.4, -0.2) is 54.1 Å². The minimum absolute atomic E-state index is 0.267. The number of piperazine rings is 1. The number of anilines is 3. The van der Waals surface area contributed by atoms with Crippen molar-refractivity contribution >= 4 is 23.4 Å². The van der Waals surface area contributed by atoms with E-state index in [9.17, 15) is 18.0 Å². The third-order valence-corrected chi connectivity index (χ3v) is 5.52. The lowest BCUT2D eigenvalue weighted by Crippen LogP contribution is -2.49. The van der Waals surface area contributed by atoms with Crippen LogP contribution in [0.1, 0.15) is 21.6 Å². The molecule has 34 heavy (non-hydrogen) atoms. The first kappa shape index (κ1) is 23.3. The topological polar surface area (TPSA) is 70.6 Å². The second kappa shape index (κ2) is 9.58. The van der Waals surface area contributed by atoms with E-state index in [1.54, 1.807) is 7.11 Å². The summed E-state index contributed by atoms with van der Waals surface area (Å²) in [5.41, 5.74) is 0.349. The maximum atomic E-state index is 13.3. The molecule has 0 spiro atoms. The molecule has 2 aromatic carbocycles. The van der Waals surface area contributed by atoms with Crippen molar-refractivity contribution in [2.24, 2.45) is 0 Å². The highest BCUT2D eigenvalue weighted by atomic mass is 19.4. The number of hydrogen-bond donors (Lipinski definition) is 1. The lowest BCUT2D eigenvalue weighted by molar-refractivity contribution is -0.138. The van der Waals surface area contributed by atoms with E-state index < -0.39 is 17.6 Å². The highest BCUT2D eigenvalue weighted by molar-refractivity contribution is 5.96. The third-order valence-electron chi connectivity index (χ3n) is 5.52. The van der Waals surface area contributed by atoms with E-state index in [2.05, 4.69) is 15.3 Å². The van der Waals surface area contributed by atoms with E-state index in [1.165, 1.54) is 23.1 Å². The summed E-state index contributed by atoms with van der Waals surface area (Å²) in [5.74, 6) is 1.24. The molecule has 178 valence electrons. The van der Waals surface area contributed by atoms with Crippen molar-refractivity contribution in [2.75, 3.05) is 43.5 Å². The zero-order valence-corrected chi connectivity index (χ0v) is 18.8. The normalized spacial score (nSPS) is 14.1. The van der Waals surface area contributed by atoms with Crippen LogP contribution in [0.5, 0.6) is 5.75 Å². The zero-order chi connectivity index (χ0) is 24.3. The van der Waals surface area contributed by atoms with Crippen molar-refractivity contribution in [3.63, 3.8) is 0 Å². The number of carbonyl (C=O) groups excluding carboxylic acids is 1. The lowest BCUT2D eigenvalue weighted by Gasteiger charge is -2.35. The number of benzene rings is 2. The standard InChI is InChI=1S/C24H24F3N5O2/c1-16-15-21(29-17-7-9-18(34-2)10-8-17)30-23(28-16)32-13-11-31(12-14-32)22(33)19-5-3-4-6-20(19)24(25,26)27/h3-10,15H,11-14H2,1-2H3,(H,28,29,30). The quantitative estimate of drug-likeness (QED) is 0.590. The predicted octanol–water partition coefficient (Wildman–Crippen LogP) is 4.52. The fourth-order valence-electron chi connectivity index (χ4n) is 3.78. The third kappa shape index (κ3) is 5.22. The molecule has 0 aliphatic carbocycles. The van der Waals surface area contributed by atoms with Gasteiger partial charge in [0.25, 0.3) is 5.91 Å². The zero-order valence-electron chi connectivity index (χ0n) is 18.8. The summed E-state index contributed by atoms with van der Waals surface area (Å²) in [6, 6.07) is 14.1. The number of nitrogens with one attached hydrogen (secondary N) is 1. The average Bonchev–Trinajstić information content (AvgIpc) is 2.83. The number of aromatic nitrogens is 2. The first-order chi connectivity index (χ1) is 16.2. The molecule has 0 radical (unpaired) electrons. The minimum Gasteiger partial charge on any atom is -0.497 e. The van der Waals surface area contributed by atoms with Crippen LogP contribution < -0.4 is 15.0 Å². The molecule has 0 saturated carbocycles. The number of halogens is 3. The number of amides is 1. The Morgan fingerprint density at radius 2 is 1.68 bits per heavy atom. The molecule has 0 unspecified atom stereocenters. The molecule has 0 atom stereocenters. The van der Waals surface area contributed by atoms with Crippen LogP contribution in [0.2, 0.25) is 0 Å². The van der Waals surface area contributed by atoms with Gasteiger partial charge in [0.1, 0.15) is 11.6 Å². The second-order valence-electron chi connectivity index (χ2n) is 7.87. The van der Waals surface area contributed by atoms with Crippen LogP contribution >= 0.6 is 0 Å². The van der Waals surface area contributed by atoms with Crippen molar-refractivity contribution in [1.82, 2.24) is 14.9 Å². The number of hydrogen-bond acceptors (Lipinski definition) is 6. The fraction of sp³-hybridized carbons (Fsp3) is 0.292. The van der Waals surface area contributed by atoms with E-state index in [-0.39, 0.29) is 18.7 Å². The molecule has 1 fully saturated rings. The largest absolute Gasteiger partial charge is 0.497 e. The van der Waals surface area contributed by atoms with E-state index in [0.717, 1.165) is 23.2 Å². The molecular formula is C24H24F3N5O2. The van der Waals surface area contributed by atoms with Gasteiger partial charge < -0.3 is 19.9 Å². The summed E-state index contributed by atoms with van der Waals surface area (Å²) in [6.07, 6.45) is -4.59. The maximum absolute atomic E-state index is 13.3. The summed E-state index contributed by atoms with van der Waals surface area (Å²) in [7, 11) is 1.60. The molecule has 10 heteroatoms. The van der Waals surface area contributed by atoms with Crippen molar-refractivity contribution in [3.05, 3.63) is 71.4 Å². The van der Waals surface area contributed by atoms with Gasteiger partial charge in [0, 0.05) is 43.6 Å². The fourth-order valence-corrected chi connectivity index (χ4v) is 3.78. The molecule has 7 nitrogen and oxygen atoms in total. The van der Waals surface area contributed by atoms with Crippen LogP contribution in [0.15, 0.2) is 54.6 Å². The van der Waals surface area contributed by atoms with Crippen LogP contribution in [0.4, 0.5) is 30.6 Å². The second-order valence-corrected chi connectivity index (χ2v) is 7.87. The Kier molecular flexibility index (Phi) is 6.58. The number of alkyl halides is 3. The Morgan fingerprint density at radius 1 is 1.00 bits per heavy atom. The summed E-state index contributed by atoms with van der Waals surface area (Å²) in [6.45, 7) is 3.21. The van der Waals surface area contributed by atoms with E-state index in [1.807, 2.05) is 42.2 Å². The van der Waals surface area contributed by atoms with Gasteiger partial charge in [-0.05, 0) is 43.3 Å². The van der Waals surface area contributed by atoms with E-state index in [4.69, 9.17) is 4.74 Å². The van der Waals surface area contributed by atoms with Gasteiger partial charge in [0.05, 0.1) is 18.2 Å². The van der Waals surface area contributed by atoms with Crippen molar-refractivity contribution < 1.29 is 22.7 Å². The molecular weight excluding hydrogens is 447 g/mol. The monoisotopic (exact) mass is 471 g/mol. The van der Waals surface area contributed by atoms with Gasteiger partial charge in [-0.25, -0.2) is 4.98 Å². The molecule has 1 saturated heterocycles. The summed E-state index contributed by atoms with van der Waals surface area (Å²) >= 11 is 0. The van der Waals surface area contributed by atoms with Gasteiger partial charge in [-0.2, -0.15) is 18.2 Å². The molecule has 0 bridgehead atoms. The predicted molar refractivity (Wildman–Crippen MR) is 123 cm³/mol. The molecule has 2 heterocycles. The molecule has 1 N–H and O–H groups in total. The molecule has 1 aliphatic rings. The SMILES string of the molecule is COc1ccc(Nc2cc(C)nc(N3CCN(C(=O)c4ccccc4C(F)(F)F)CC3)n2)cc1.